The third kappa shape index (κ3) is 3.33. The number of sulfonamides is 1. The Kier molecular flexibility index (Phi) is 4.25. The molecule has 1 heterocycles. The van der Waals surface area contributed by atoms with Gasteiger partial charge in [0, 0.05) is 9.90 Å². The van der Waals surface area contributed by atoms with Crippen LogP contribution in [0.3, 0.4) is 0 Å². The molecule has 102 valence electrons. The Labute approximate surface area is 120 Å². The maximum atomic E-state index is 13.6. The number of nitrogens with one attached hydrogen (secondary N) is 1. The first-order valence-corrected chi connectivity index (χ1v) is 8.15. The molecular weight excluding hydrogens is 309 g/mol. The lowest BCUT2D eigenvalue weighted by molar-refractivity contribution is 0.548. The second-order valence-electron chi connectivity index (χ2n) is 3.93. The van der Waals surface area contributed by atoms with Crippen molar-refractivity contribution < 1.29 is 12.8 Å². The predicted octanol–water partition coefficient (Wildman–Crippen LogP) is 3.58. The summed E-state index contributed by atoms with van der Waals surface area (Å²) < 4.78 is 40.2. The first-order chi connectivity index (χ1) is 8.90. The van der Waals surface area contributed by atoms with Crippen molar-refractivity contribution in [2.24, 2.45) is 0 Å². The zero-order valence-electron chi connectivity index (χ0n) is 9.93. The van der Waals surface area contributed by atoms with Crippen molar-refractivity contribution in [1.29, 1.82) is 0 Å². The number of benzene rings is 1. The highest BCUT2D eigenvalue weighted by atomic mass is 35.5. The Morgan fingerprint density at radius 1 is 1.37 bits per heavy atom. The number of thiophene rings is 1. The Morgan fingerprint density at radius 2 is 2.11 bits per heavy atom. The molecule has 1 atom stereocenters. The highest BCUT2D eigenvalue weighted by molar-refractivity contribution is 7.89. The summed E-state index contributed by atoms with van der Waals surface area (Å²) in [5.41, 5.74) is 0. The zero-order valence-corrected chi connectivity index (χ0v) is 12.3. The van der Waals surface area contributed by atoms with Crippen LogP contribution >= 0.6 is 22.9 Å². The van der Waals surface area contributed by atoms with E-state index < -0.39 is 26.8 Å². The van der Waals surface area contributed by atoms with Gasteiger partial charge >= 0.3 is 0 Å². The van der Waals surface area contributed by atoms with Crippen LogP contribution in [-0.4, -0.2) is 8.42 Å². The molecule has 3 nitrogen and oxygen atoms in total. The molecule has 0 bridgehead atoms. The van der Waals surface area contributed by atoms with Crippen LogP contribution in [0, 0.1) is 5.82 Å². The van der Waals surface area contributed by atoms with Crippen molar-refractivity contribution in [2.75, 3.05) is 0 Å². The average Bonchev–Trinajstić information content (AvgIpc) is 2.80. The van der Waals surface area contributed by atoms with Crippen molar-refractivity contribution >= 4 is 33.0 Å². The first kappa shape index (κ1) is 14.5. The smallest absolute Gasteiger partial charge is 0.207 e. The summed E-state index contributed by atoms with van der Waals surface area (Å²) in [5.74, 6) is -0.863. The molecule has 19 heavy (non-hydrogen) atoms. The minimum absolute atomic E-state index is 0.155. The van der Waals surface area contributed by atoms with Gasteiger partial charge in [-0.1, -0.05) is 17.7 Å². The molecular formula is C12H11ClFNO2S2. The molecule has 2 rings (SSSR count). The molecule has 0 saturated heterocycles. The molecule has 0 spiro atoms. The lowest BCUT2D eigenvalue weighted by Crippen LogP contribution is -2.27. The van der Waals surface area contributed by atoms with Crippen LogP contribution in [0.2, 0.25) is 5.02 Å². The summed E-state index contributed by atoms with van der Waals surface area (Å²) in [6.07, 6.45) is 0. The van der Waals surface area contributed by atoms with E-state index in [-0.39, 0.29) is 5.02 Å². The summed E-state index contributed by atoms with van der Waals surface area (Å²) in [6, 6.07) is 6.70. The Balaban J connectivity index is 2.28. The van der Waals surface area contributed by atoms with E-state index in [1.54, 1.807) is 6.92 Å². The molecule has 2 aromatic rings. The van der Waals surface area contributed by atoms with Gasteiger partial charge in [-0.2, -0.15) is 0 Å². The van der Waals surface area contributed by atoms with Gasteiger partial charge in [0.05, 0.1) is 6.04 Å². The molecule has 0 fully saturated rings. The largest absolute Gasteiger partial charge is 0.244 e. The van der Waals surface area contributed by atoms with Gasteiger partial charge in [0.2, 0.25) is 10.0 Å². The van der Waals surface area contributed by atoms with E-state index >= 15 is 0 Å². The van der Waals surface area contributed by atoms with Gasteiger partial charge in [0.1, 0.15) is 10.7 Å². The highest BCUT2D eigenvalue weighted by Crippen LogP contribution is 2.23. The van der Waals surface area contributed by atoms with E-state index in [1.165, 1.54) is 17.4 Å². The summed E-state index contributed by atoms with van der Waals surface area (Å²) in [7, 11) is -3.91. The minimum atomic E-state index is -3.91. The summed E-state index contributed by atoms with van der Waals surface area (Å²) >= 11 is 7.03. The topological polar surface area (TPSA) is 46.2 Å². The van der Waals surface area contributed by atoms with Crippen LogP contribution in [0.5, 0.6) is 0 Å². The second-order valence-corrected chi connectivity index (χ2v) is 7.03. The standard InChI is InChI=1S/C12H11ClFNO2S2/c1-8(11-3-2-6-18-11)15-19(16,17)12-5-4-9(13)7-10(12)14/h2-8,15H,1H3/t8-/m1/s1. The van der Waals surface area contributed by atoms with E-state index in [0.29, 0.717) is 0 Å². The molecule has 0 saturated carbocycles. The van der Waals surface area contributed by atoms with Crippen molar-refractivity contribution in [1.82, 2.24) is 4.72 Å². The van der Waals surface area contributed by atoms with Crippen LogP contribution in [0.25, 0.3) is 0 Å². The Morgan fingerprint density at radius 3 is 2.68 bits per heavy atom. The number of hydrogen-bond acceptors (Lipinski definition) is 3. The monoisotopic (exact) mass is 319 g/mol. The van der Waals surface area contributed by atoms with E-state index in [2.05, 4.69) is 4.72 Å². The number of rotatable bonds is 4. The quantitative estimate of drug-likeness (QED) is 0.936. The maximum Gasteiger partial charge on any atom is 0.244 e. The van der Waals surface area contributed by atoms with Crippen LogP contribution in [0.15, 0.2) is 40.6 Å². The summed E-state index contributed by atoms with van der Waals surface area (Å²) in [6.45, 7) is 1.71. The van der Waals surface area contributed by atoms with Gasteiger partial charge in [-0.05, 0) is 36.6 Å². The molecule has 0 aliphatic rings. The van der Waals surface area contributed by atoms with Gasteiger partial charge in [0.25, 0.3) is 0 Å². The Hall–Kier alpha value is -0.950. The fraction of sp³-hybridized carbons (Fsp3) is 0.167. The number of halogens is 2. The van der Waals surface area contributed by atoms with Crippen LogP contribution in [0.1, 0.15) is 17.8 Å². The average molecular weight is 320 g/mol. The molecule has 1 aromatic carbocycles. The molecule has 1 N–H and O–H groups in total. The first-order valence-electron chi connectivity index (χ1n) is 5.41. The van der Waals surface area contributed by atoms with Gasteiger partial charge in [0.15, 0.2) is 0 Å². The normalized spacial score (nSPS) is 13.4. The van der Waals surface area contributed by atoms with Crippen LogP contribution in [-0.2, 0) is 10.0 Å². The third-order valence-electron chi connectivity index (χ3n) is 2.49. The minimum Gasteiger partial charge on any atom is -0.207 e. The summed E-state index contributed by atoms with van der Waals surface area (Å²) in [4.78, 5) is 0.457. The van der Waals surface area contributed by atoms with E-state index in [9.17, 15) is 12.8 Å². The lowest BCUT2D eigenvalue weighted by atomic mass is 10.3. The SMILES string of the molecule is C[C@@H](NS(=O)(=O)c1ccc(Cl)cc1F)c1cccs1. The van der Waals surface area contributed by atoms with E-state index in [1.807, 2.05) is 17.5 Å². The van der Waals surface area contributed by atoms with Crippen LogP contribution in [0.4, 0.5) is 4.39 Å². The van der Waals surface area contributed by atoms with Gasteiger partial charge in [-0.25, -0.2) is 17.5 Å². The molecule has 0 amide bonds. The van der Waals surface area contributed by atoms with Gasteiger partial charge in [-0.3, -0.25) is 0 Å². The molecule has 0 aliphatic heterocycles. The van der Waals surface area contributed by atoms with Gasteiger partial charge < -0.3 is 0 Å². The van der Waals surface area contributed by atoms with E-state index in [4.69, 9.17) is 11.6 Å². The third-order valence-corrected chi connectivity index (χ3v) is 5.35. The highest BCUT2D eigenvalue weighted by Gasteiger charge is 2.22. The van der Waals surface area contributed by atoms with Crippen molar-refractivity contribution in [3.63, 3.8) is 0 Å². The van der Waals surface area contributed by atoms with Crippen molar-refractivity contribution in [3.8, 4) is 0 Å². The fourth-order valence-corrected chi connectivity index (χ4v) is 3.84. The van der Waals surface area contributed by atoms with Crippen molar-refractivity contribution in [3.05, 3.63) is 51.4 Å². The molecule has 0 aliphatic carbocycles. The lowest BCUT2D eigenvalue weighted by Gasteiger charge is -2.13. The number of hydrogen-bond donors (Lipinski definition) is 1. The maximum absolute atomic E-state index is 13.6. The molecule has 0 radical (unpaired) electrons. The predicted molar refractivity (Wildman–Crippen MR) is 74.5 cm³/mol. The fourth-order valence-electron chi connectivity index (χ4n) is 1.59. The molecule has 7 heteroatoms. The Bertz CT molecular complexity index is 671. The van der Waals surface area contributed by atoms with E-state index in [0.717, 1.165) is 17.0 Å². The molecule has 1 aromatic heterocycles. The second kappa shape index (κ2) is 5.58. The molecule has 0 unspecified atom stereocenters. The van der Waals surface area contributed by atoms with Crippen molar-refractivity contribution in [2.45, 2.75) is 17.9 Å². The zero-order chi connectivity index (χ0) is 14.0. The van der Waals surface area contributed by atoms with Gasteiger partial charge in [-0.15, -0.1) is 11.3 Å². The van der Waals surface area contributed by atoms with Crippen LogP contribution < -0.4 is 4.72 Å². The summed E-state index contributed by atoms with van der Waals surface area (Å²) in [5, 5.41) is 2.01.